The van der Waals surface area contributed by atoms with Gasteiger partial charge in [-0.3, -0.25) is 9.88 Å². The van der Waals surface area contributed by atoms with E-state index in [1.54, 1.807) is 0 Å². The van der Waals surface area contributed by atoms with Crippen molar-refractivity contribution in [3.05, 3.63) is 30.1 Å². The standard InChI is InChI=1S/C13H20N2/c1-11(2)10-15-8-4-6-13(15)12-5-3-7-14-9-12/h3,5,7,9,11,13H,4,6,8,10H2,1-2H3/t13-/m1/s1. The molecule has 1 aromatic rings. The van der Waals surface area contributed by atoms with Gasteiger partial charge >= 0.3 is 0 Å². The first-order chi connectivity index (χ1) is 7.27. The largest absolute Gasteiger partial charge is 0.296 e. The van der Waals surface area contributed by atoms with Gasteiger partial charge in [-0.05, 0) is 36.9 Å². The molecule has 82 valence electrons. The average molecular weight is 204 g/mol. The first-order valence-corrected chi connectivity index (χ1v) is 5.91. The fourth-order valence-corrected chi connectivity index (χ4v) is 2.46. The molecule has 1 aliphatic heterocycles. The third-order valence-electron chi connectivity index (χ3n) is 3.03. The van der Waals surface area contributed by atoms with Crippen LogP contribution < -0.4 is 0 Å². The van der Waals surface area contributed by atoms with Crippen LogP contribution >= 0.6 is 0 Å². The molecule has 0 bridgehead atoms. The summed E-state index contributed by atoms with van der Waals surface area (Å²) < 4.78 is 0. The van der Waals surface area contributed by atoms with Gasteiger partial charge in [-0.1, -0.05) is 19.9 Å². The van der Waals surface area contributed by atoms with E-state index in [2.05, 4.69) is 29.8 Å². The Balaban J connectivity index is 2.08. The minimum absolute atomic E-state index is 0.612. The van der Waals surface area contributed by atoms with Crippen molar-refractivity contribution in [1.29, 1.82) is 0 Å². The van der Waals surface area contributed by atoms with Crippen LogP contribution in [0.15, 0.2) is 24.5 Å². The maximum Gasteiger partial charge on any atom is 0.0363 e. The van der Waals surface area contributed by atoms with Gasteiger partial charge in [0.25, 0.3) is 0 Å². The predicted octanol–water partition coefficient (Wildman–Crippen LogP) is 2.87. The van der Waals surface area contributed by atoms with E-state index in [0.717, 1.165) is 5.92 Å². The summed E-state index contributed by atoms with van der Waals surface area (Å²) >= 11 is 0. The van der Waals surface area contributed by atoms with Crippen LogP contribution in [0.1, 0.15) is 38.3 Å². The maximum absolute atomic E-state index is 4.22. The van der Waals surface area contributed by atoms with Crippen molar-refractivity contribution >= 4 is 0 Å². The van der Waals surface area contributed by atoms with Crippen molar-refractivity contribution in [2.75, 3.05) is 13.1 Å². The zero-order chi connectivity index (χ0) is 10.7. The molecule has 0 unspecified atom stereocenters. The highest BCUT2D eigenvalue weighted by Gasteiger charge is 2.25. The summed E-state index contributed by atoms with van der Waals surface area (Å²) in [6.07, 6.45) is 6.49. The van der Waals surface area contributed by atoms with E-state index in [1.165, 1.54) is 31.5 Å². The molecule has 1 atom stereocenters. The molecule has 2 rings (SSSR count). The quantitative estimate of drug-likeness (QED) is 0.752. The van der Waals surface area contributed by atoms with Crippen LogP contribution in [0.4, 0.5) is 0 Å². The van der Waals surface area contributed by atoms with Gasteiger partial charge in [-0.15, -0.1) is 0 Å². The molecule has 1 saturated heterocycles. The smallest absolute Gasteiger partial charge is 0.0363 e. The van der Waals surface area contributed by atoms with E-state index in [4.69, 9.17) is 0 Å². The van der Waals surface area contributed by atoms with Gasteiger partial charge in [0.1, 0.15) is 0 Å². The SMILES string of the molecule is CC(C)CN1CCC[C@@H]1c1cccnc1. The van der Waals surface area contributed by atoms with Crippen LogP contribution in [0.3, 0.4) is 0 Å². The molecule has 1 fully saturated rings. The monoisotopic (exact) mass is 204 g/mol. The van der Waals surface area contributed by atoms with Crippen molar-refractivity contribution in [3.63, 3.8) is 0 Å². The Bertz CT molecular complexity index is 295. The van der Waals surface area contributed by atoms with Crippen LogP contribution in [0.2, 0.25) is 0 Å². The molecule has 0 saturated carbocycles. The minimum Gasteiger partial charge on any atom is -0.296 e. The normalized spacial score (nSPS) is 22.5. The molecule has 1 aliphatic rings. The van der Waals surface area contributed by atoms with Crippen molar-refractivity contribution < 1.29 is 0 Å². The Morgan fingerprint density at radius 3 is 3.07 bits per heavy atom. The van der Waals surface area contributed by atoms with Crippen molar-refractivity contribution in [2.45, 2.75) is 32.7 Å². The number of rotatable bonds is 3. The summed E-state index contributed by atoms with van der Waals surface area (Å²) in [5, 5.41) is 0. The number of aromatic nitrogens is 1. The summed E-state index contributed by atoms with van der Waals surface area (Å²) in [6.45, 7) is 7.04. The number of hydrogen-bond acceptors (Lipinski definition) is 2. The van der Waals surface area contributed by atoms with Crippen LogP contribution in [0.25, 0.3) is 0 Å². The number of pyridine rings is 1. The lowest BCUT2D eigenvalue weighted by molar-refractivity contribution is 0.228. The van der Waals surface area contributed by atoms with E-state index < -0.39 is 0 Å². The molecule has 0 N–H and O–H groups in total. The molecule has 0 aromatic carbocycles. The van der Waals surface area contributed by atoms with Gasteiger partial charge in [0, 0.05) is 25.0 Å². The van der Waals surface area contributed by atoms with E-state index in [0.29, 0.717) is 6.04 Å². The van der Waals surface area contributed by atoms with Crippen LogP contribution in [-0.2, 0) is 0 Å². The lowest BCUT2D eigenvalue weighted by Gasteiger charge is -2.26. The van der Waals surface area contributed by atoms with E-state index in [1.807, 2.05) is 18.5 Å². The first kappa shape index (κ1) is 10.6. The fraction of sp³-hybridized carbons (Fsp3) is 0.615. The van der Waals surface area contributed by atoms with Crippen LogP contribution in [0, 0.1) is 5.92 Å². The summed E-state index contributed by atoms with van der Waals surface area (Å²) in [7, 11) is 0. The van der Waals surface area contributed by atoms with Gasteiger partial charge < -0.3 is 0 Å². The lowest BCUT2D eigenvalue weighted by atomic mass is 10.1. The molecular formula is C13H20N2. The summed E-state index contributed by atoms with van der Waals surface area (Å²) in [5.74, 6) is 0.752. The van der Waals surface area contributed by atoms with Crippen molar-refractivity contribution in [1.82, 2.24) is 9.88 Å². The summed E-state index contributed by atoms with van der Waals surface area (Å²) in [6, 6.07) is 4.86. The molecule has 0 spiro atoms. The summed E-state index contributed by atoms with van der Waals surface area (Å²) in [5.41, 5.74) is 1.38. The van der Waals surface area contributed by atoms with E-state index >= 15 is 0 Å². The second kappa shape index (κ2) is 4.75. The number of likely N-dealkylation sites (tertiary alicyclic amines) is 1. The highest BCUT2D eigenvalue weighted by Crippen LogP contribution is 2.31. The zero-order valence-electron chi connectivity index (χ0n) is 9.69. The second-order valence-electron chi connectivity index (χ2n) is 4.83. The Morgan fingerprint density at radius 2 is 2.40 bits per heavy atom. The molecular weight excluding hydrogens is 184 g/mol. The first-order valence-electron chi connectivity index (χ1n) is 5.91. The highest BCUT2D eigenvalue weighted by molar-refractivity contribution is 5.15. The Morgan fingerprint density at radius 1 is 1.53 bits per heavy atom. The Kier molecular flexibility index (Phi) is 3.37. The van der Waals surface area contributed by atoms with Crippen molar-refractivity contribution in [3.8, 4) is 0 Å². The molecule has 2 heterocycles. The molecule has 0 aliphatic carbocycles. The van der Waals surface area contributed by atoms with Gasteiger partial charge in [0.15, 0.2) is 0 Å². The molecule has 0 radical (unpaired) electrons. The fourth-order valence-electron chi connectivity index (χ4n) is 2.46. The van der Waals surface area contributed by atoms with Gasteiger partial charge in [0.2, 0.25) is 0 Å². The van der Waals surface area contributed by atoms with Gasteiger partial charge in [-0.2, -0.15) is 0 Å². The third kappa shape index (κ3) is 2.57. The van der Waals surface area contributed by atoms with Crippen LogP contribution in [0.5, 0.6) is 0 Å². The topological polar surface area (TPSA) is 16.1 Å². The Labute approximate surface area is 92.3 Å². The molecule has 2 heteroatoms. The Hall–Kier alpha value is -0.890. The molecule has 0 amide bonds. The maximum atomic E-state index is 4.22. The van der Waals surface area contributed by atoms with Gasteiger partial charge in [-0.25, -0.2) is 0 Å². The molecule has 2 nitrogen and oxygen atoms in total. The predicted molar refractivity (Wildman–Crippen MR) is 62.6 cm³/mol. The minimum atomic E-state index is 0.612. The number of hydrogen-bond donors (Lipinski definition) is 0. The molecule has 15 heavy (non-hydrogen) atoms. The molecule has 1 aromatic heterocycles. The lowest BCUT2D eigenvalue weighted by Crippen LogP contribution is -2.27. The summed E-state index contributed by atoms with van der Waals surface area (Å²) in [4.78, 5) is 6.82. The third-order valence-corrected chi connectivity index (χ3v) is 3.03. The van der Waals surface area contributed by atoms with E-state index in [-0.39, 0.29) is 0 Å². The number of nitrogens with zero attached hydrogens (tertiary/aromatic N) is 2. The van der Waals surface area contributed by atoms with Crippen molar-refractivity contribution in [2.24, 2.45) is 5.92 Å². The van der Waals surface area contributed by atoms with Gasteiger partial charge in [0.05, 0.1) is 0 Å². The zero-order valence-corrected chi connectivity index (χ0v) is 9.69. The second-order valence-corrected chi connectivity index (χ2v) is 4.83. The van der Waals surface area contributed by atoms with E-state index in [9.17, 15) is 0 Å². The average Bonchev–Trinajstić information content (AvgIpc) is 2.66. The highest BCUT2D eigenvalue weighted by atomic mass is 15.2. The van der Waals surface area contributed by atoms with Crippen LogP contribution in [-0.4, -0.2) is 23.0 Å².